The van der Waals surface area contributed by atoms with Crippen LogP contribution < -0.4 is 5.73 Å². The van der Waals surface area contributed by atoms with E-state index >= 15 is 0 Å². The summed E-state index contributed by atoms with van der Waals surface area (Å²) in [6.45, 7) is 0.680. The van der Waals surface area contributed by atoms with Crippen LogP contribution in [0.25, 0.3) is 10.9 Å². The second kappa shape index (κ2) is 4.37. The zero-order valence-electron chi connectivity index (χ0n) is 9.14. The number of methoxy groups -OCH3 is 1. The number of nitrogens with two attached hydrogens (primary N) is 1. The fourth-order valence-corrected chi connectivity index (χ4v) is 1.84. The predicted octanol–water partition coefficient (Wildman–Crippen LogP) is 1.27. The first kappa shape index (κ1) is 10.7. The number of ether oxygens (including phenoxy) is 1. The number of carbonyl (C=O) groups excluding carboxylic acids is 1. The average Bonchev–Trinajstić information content (AvgIpc) is 2.72. The van der Waals surface area contributed by atoms with Crippen molar-refractivity contribution >= 4 is 16.9 Å². The van der Waals surface area contributed by atoms with Crippen molar-refractivity contribution in [1.82, 2.24) is 4.57 Å². The molecule has 0 unspecified atom stereocenters. The van der Waals surface area contributed by atoms with Crippen molar-refractivity contribution in [2.24, 2.45) is 5.73 Å². The average molecular weight is 218 g/mol. The Morgan fingerprint density at radius 2 is 2.25 bits per heavy atom. The number of rotatable bonds is 3. The molecule has 4 nitrogen and oxygen atoms in total. The monoisotopic (exact) mass is 218 g/mol. The number of nitrogens with zero attached hydrogens (tertiary/aromatic N) is 1. The van der Waals surface area contributed by atoms with Gasteiger partial charge in [0.05, 0.1) is 12.6 Å². The molecule has 0 spiro atoms. The lowest BCUT2D eigenvalue weighted by molar-refractivity contribution is -0.141. The Morgan fingerprint density at radius 1 is 1.44 bits per heavy atom. The number of benzene rings is 1. The summed E-state index contributed by atoms with van der Waals surface area (Å²) in [6.07, 6.45) is 1.88. The van der Waals surface area contributed by atoms with Gasteiger partial charge in [-0.3, -0.25) is 4.79 Å². The molecule has 0 radical (unpaired) electrons. The fraction of sp³-hybridized carbons (Fsp3) is 0.250. The van der Waals surface area contributed by atoms with Gasteiger partial charge in [-0.1, -0.05) is 18.2 Å². The lowest BCUT2D eigenvalue weighted by Gasteiger charge is -2.07. The first-order chi connectivity index (χ1) is 7.76. The topological polar surface area (TPSA) is 57.2 Å². The second-order valence-electron chi connectivity index (χ2n) is 3.58. The molecule has 0 saturated carbocycles. The molecular weight excluding hydrogens is 204 g/mol. The fourth-order valence-electron chi connectivity index (χ4n) is 1.84. The van der Waals surface area contributed by atoms with E-state index < -0.39 is 0 Å². The molecule has 0 bridgehead atoms. The van der Waals surface area contributed by atoms with Crippen LogP contribution in [0, 0.1) is 0 Å². The third-order valence-corrected chi connectivity index (χ3v) is 2.62. The van der Waals surface area contributed by atoms with Crippen LogP contribution in [0.2, 0.25) is 0 Å². The van der Waals surface area contributed by atoms with Gasteiger partial charge in [0.15, 0.2) is 0 Å². The zero-order valence-corrected chi connectivity index (χ0v) is 9.14. The SMILES string of the molecule is COC(=O)Cn1ccc2cccc(CN)c21. The molecule has 4 heteroatoms. The Labute approximate surface area is 93.6 Å². The maximum Gasteiger partial charge on any atom is 0.325 e. The van der Waals surface area contributed by atoms with Crippen molar-refractivity contribution in [3.63, 3.8) is 0 Å². The van der Waals surface area contributed by atoms with Gasteiger partial charge in [0, 0.05) is 12.7 Å². The van der Waals surface area contributed by atoms with Crippen molar-refractivity contribution in [3.05, 3.63) is 36.0 Å². The molecule has 0 aliphatic heterocycles. The highest BCUT2D eigenvalue weighted by Gasteiger charge is 2.08. The lowest BCUT2D eigenvalue weighted by Crippen LogP contribution is -2.11. The van der Waals surface area contributed by atoms with Gasteiger partial charge in [0.1, 0.15) is 6.54 Å². The van der Waals surface area contributed by atoms with Gasteiger partial charge in [0.2, 0.25) is 0 Å². The molecule has 0 aliphatic carbocycles. The van der Waals surface area contributed by atoms with E-state index in [1.807, 2.05) is 35.0 Å². The molecule has 0 amide bonds. The van der Waals surface area contributed by atoms with Crippen LogP contribution >= 0.6 is 0 Å². The lowest BCUT2D eigenvalue weighted by atomic mass is 10.1. The highest BCUT2D eigenvalue weighted by atomic mass is 16.5. The van der Waals surface area contributed by atoms with Crippen LogP contribution in [-0.4, -0.2) is 17.6 Å². The Bertz CT molecular complexity index is 517. The van der Waals surface area contributed by atoms with E-state index in [1.165, 1.54) is 7.11 Å². The van der Waals surface area contributed by atoms with Crippen LogP contribution in [0.4, 0.5) is 0 Å². The summed E-state index contributed by atoms with van der Waals surface area (Å²) in [6, 6.07) is 7.91. The normalized spacial score (nSPS) is 10.6. The standard InChI is InChI=1S/C12H14N2O2/c1-16-11(15)8-14-6-5-9-3-2-4-10(7-13)12(9)14/h2-6H,7-8,13H2,1H3. The first-order valence-electron chi connectivity index (χ1n) is 5.10. The maximum absolute atomic E-state index is 11.2. The molecule has 2 rings (SSSR count). The molecule has 0 aliphatic rings. The quantitative estimate of drug-likeness (QED) is 0.789. The highest BCUT2D eigenvalue weighted by Crippen LogP contribution is 2.20. The second-order valence-corrected chi connectivity index (χ2v) is 3.58. The zero-order chi connectivity index (χ0) is 11.5. The number of fused-ring (bicyclic) bond motifs is 1. The predicted molar refractivity (Wildman–Crippen MR) is 61.8 cm³/mol. The van der Waals surface area contributed by atoms with Gasteiger partial charge in [-0.15, -0.1) is 0 Å². The van der Waals surface area contributed by atoms with Gasteiger partial charge >= 0.3 is 5.97 Å². The van der Waals surface area contributed by atoms with Crippen LogP contribution in [0.5, 0.6) is 0 Å². The number of para-hydroxylation sites is 1. The molecule has 84 valence electrons. The van der Waals surface area contributed by atoms with Crippen LogP contribution in [0.3, 0.4) is 0 Å². The molecule has 1 aromatic heterocycles. The van der Waals surface area contributed by atoms with Gasteiger partial charge in [-0.25, -0.2) is 0 Å². The molecule has 16 heavy (non-hydrogen) atoms. The summed E-state index contributed by atoms with van der Waals surface area (Å²) in [4.78, 5) is 11.2. The molecular formula is C12H14N2O2. The maximum atomic E-state index is 11.2. The third-order valence-electron chi connectivity index (χ3n) is 2.62. The Morgan fingerprint density at radius 3 is 2.94 bits per heavy atom. The molecule has 1 aromatic carbocycles. The minimum Gasteiger partial charge on any atom is -0.468 e. The Balaban J connectivity index is 2.49. The van der Waals surface area contributed by atoms with Crippen molar-refractivity contribution in [2.45, 2.75) is 13.1 Å². The van der Waals surface area contributed by atoms with E-state index in [9.17, 15) is 4.79 Å². The van der Waals surface area contributed by atoms with E-state index in [0.29, 0.717) is 6.54 Å². The summed E-state index contributed by atoms with van der Waals surface area (Å²) < 4.78 is 6.52. The first-order valence-corrected chi connectivity index (χ1v) is 5.10. The molecule has 0 fully saturated rings. The molecule has 0 atom stereocenters. The van der Waals surface area contributed by atoms with Crippen LogP contribution in [-0.2, 0) is 22.6 Å². The van der Waals surface area contributed by atoms with E-state index in [4.69, 9.17) is 5.73 Å². The summed E-state index contributed by atoms with van der Waals surface area (Å²) in [5.74, 6) is -0.260. The van der Waals surface area contributed by atoms with Gasteiger partial charge in [-0.05, 0) is 17.0 Å². The van der Waals surface area contributed by atoms with Crippen LogP contribution in [0.15, 0.2) is 30.5 Å². The number of carbonyl (C=O) groups is 1. The smallest absolute Gasteiger partial charge is 0.325 e. The number of hydrogen-bond acceptors (Lipinski definition) is 3. The van der Waals surface area contributed by atoms with Crippen molar-refractivity contribution < 1.29 is 9.53 Å². The minimum absolute atomic E-state index is 0.219. The third kappa shape index (κ3) is 1.79. The summed E-state index contributed by atoms with van der Waals surface area (Å²) >= 11 is 0. The van der Waals surface area contributed by atoms with Crippen molar-refractivity contribution in [1.29, 1.82) is 0 Å². The number of esters is 1. The van der Waals surface area contributed by atoms with Gasteiger partial charge in [-0.2, -0.15) is 0 Å². The molecule has 2 aromatic rings. The molecule has 0 saturated heterocycles. The molecule has 2 N–H and O–H groups in total. The van der Waals surface area contributed by atoms with E-state index in [2.05, 4.69) is 4.74 Å². The summed E-state index contributed by atoms with van der Waals surface area (Å²) in [5.41, 5.74) is 7.72. The highest BCUT2D eigenvalue weighted by molar-refractivity contribution is 5.84. The largest absolute Gasteiger partial charge is 0.468 e. The van der Waals surface area contributed by atoms with Crippen LogP contribution in [0.1, 0.15) is 5.56 Å². The summed E-state index contributed by atoms with van der Waals surface area (Å²) in [5, 5.41) is 1.09. The summed E-state index contributed by atoms with van der Waals surface area (Å²) in [7, 11) is 1.39. The van der Waals surface area contributed by atoms with E-state index in [1.54, 1.807) is 0 Å². The Kier molecular flexibility index (Phi) is 2.92. The Hall–Kier alpha value is -1.81. The van der Waals surface area contributed by atoms with Gasteiger partial charge < -0.3 is 15.0 Å². The molecule has 1 heterocycles. The van der Waals surface area contributed by atoms with E-state index in [-0.39, 0.29) is 12.5 Å². The van der Waals surface area contributed by atoms with Crippen molar-refractivity contribution in [2.75, 3.05) is 7.11 Å². The van der Waals surface area contributed by atoms with Gasteiger partial charge in [0.25, 0.3) is 0 Å². The van der Waals surface area contributed by atoms with Crippen molar-refractivity contribution in [3.8, 4) is 0 Å². The number of hydrogen-bond donors (Lipinski definition) is 1. The minimum atomic E-state index is -0.260. The number of aromatic nitrogens is 1. The van der Waals surface area contributed by atoms with E-state index in [0.717, 1.165) is 16.5 Å².